The van der Waals surface area contributed by atoms with Gasteiger partial charge in [0, 0.05) is 51.9 Å². The normalized spacial score (nSPS) is 17.9. The fourth-order valence-electron chi connectivity index (χ4n) is 8.95. The van der Waals surface area contributed by atoms with Crippen molar-refractivity contribution in [3.05, 3.63) is 103 Å². The van der Waals surface area contributed by atoms with Crippen LogP contribution in [0.1, 0.15) is 176 Å². The van der Waals surface area contributed by atoms with Crippen LogP contribution in [0.4, 0.5) is 0 Å². The number of aliphatic hydroxyl groups is 2. The molecule has 1 aliphatic carbocycles. The number of aromatic nitrogens is 4. The number of H-pyrrole nitrogens is 2. The van der Waals surface area contributed by atoms with Crippen molar-refractivity contribution in [2.75, 3.05) is 6.61 Å². The highest BCUT2D eigenvalue weighted by Gasteiger charge is 2.35. The Morgan fingerprint density at radius 1 is 0.877 bits per heavy atom. The highest BCUT2D eigenvalue weighted by molar-refractivity contribution is 6.02. The summed E-state index contributed by atoms with van der Waals surface area (Å²) in [5.41, 5.74) is 18.6. The molecule has 0 unspecified atom stereocenters. The molecule has 4 N–H and O–H groups in total. The Hall–Kier alpha value is -4.95. The lowest BCUT2D eigenvalue weighted by Gasteiger charge is -2.18. The first-order valence-corrected chi connectivity index (χ1v) is 20.8. The van der Waals surface area contributed by atoms with Gasteiger partial charge in [-0.15, -0.1) is 0 Å². The number of rotatable bonds is 13. The number of aryl methyl sites for hydroxylation is 1. The third kappa shape index (κ3) is 8.52. The van der Waals surface area contributed by atoms with E-state index in [1.54, 1.807) is 6.92 Å². The van der Waals surface area contributed by atoms with Crippen LogP contribution in [-0.4, -0.2) is 48.8 Å². The predicted molar refractivity (Wildman–Crippen MR) is 236 cm³/mol. The number of aliphatic hydroxyl groups excluding tert-OH is 2. The second kappa shape index (κ2) is 17.3. The van der Waals surface area contributed by atoms with Gasteiger partial charge >= 0.3 is 5.97 Å². The van der Waals surface area contributed by atoms with Crippen LogP contribution < -0.4 is 0 Å². The number of ether oxygens (including phenoxy) is 1. The molecule has 57 heavy (non-hydrogen) atoms. The Morgan fingerprint density at radius 3 is 2.26 bits per heavy atom. The summed E-state index contributed by atoms with van der Waals surface area (Å²) in [5, 5.41) is 22.5. The molecular weight excluding hydrogens is 709 g/mol. The lowest BCUT2D eigenvalue weighted by atomic mass is 9.84. The third-order valence-corrected chi connectivity index (χ3v) is 12.3. The van der Waals surface area contributed by atoms with Gasteiger partial charge in [0.25, 0.3) is 0 Å². The summed E-state index contributed by atoms with van der Waals surface area (Å²) in [6, 6.07) is 4.09. The Morgan fingerprint density at radius 2 is 1.58 bits per heavy atom. The second-order valence-corrected chi connectivity index (χ2v) is 16.7. The molecule has 8 heteroatoms. The van der Waals surface area contributed by atoms with E-state index in [0.717, 1.165) is 122 Å². The number of fused-ring (bicyclic) bond motifs is 8. The molecule has 0 fully saturated rings. The first-order valence-electron chi connectivity index (χ1n) is 20.8. The average Bonchev–Trinajstić information content (AvgIpc) is 3.91. The van der Waals surface area contributed by atoms with Crippen LogP contribution in [0.15, 0.2) is 47.1 Å². The smallest absolute Gasteiger partial charge is 0.306 e. The van der Waals surface area contributed by atoms with Gasteiger partial charge in [-0.1, -0.05) is 42.7 Å². The number of carbonyl (C=O) groups is 1. The zero-order valence-corrected chi connectivity index (χ0v) is 36.0. The van der Waals surface area contributed by atoms with Crippen molar-refractivity contribution in [2.45, 2.75) is 139 Å². The maximum Gasteiger partial charge on any atom is 0.306 e. The number of carbonyl (C=O) groups excluding carboxylic acids is 1. The molecule has 3 aliphatic heterocycles. The third-order valence-electron chi connectivity index (χ3n) is 12.3. The van der Waals surface area contributed by atoms with E-state index in [1.165, 1.54) is 16.7 Å². The van der Waals surface area contributed by atoms with Gasteiger partial charge in [-0.3, -0.25) is 4.79 Å². The van der Waals surface area contributed by atoms with Crippen molar-refractivity contribution in [1.82, 2.24) is 19.9 Å². The number of esters is 1. The Labute approximate surface area is 339 Å². The number of aromatic amines is 2. The van der Waals surface area contributed by atoms with E-state index in [0.29, 0.717) is 6.42 Å². The molecule has 0 saturated heterocycles. The minimum Gasteiger partial charge on any atom is -0.507 e. The molecule has 4 aliphatic rings. The van der Waals surface area contributed by atoms with Crippen molar-refractivity contribution in [1.29, 1.82) is 0 Å². The lowest BCUT2D eigenvalue weighted by Crippen LogP contribution is -2.10. The summed E-state index contributed by atoms with van der Waals surface area (Å²) in [5.74, 6) is -0.0643. The van der Waals surface area contributed by atoms with E-state index in [9.17, 15) is 15.0 Å². The Kier molecular flexibility index (Phi) is 12.6. The fourth-order valence-corrected chi connectivity index (χ4v) is 8.95. The summed E-state index contributed by atoms with van der Waals surface area (Å²) in [4.78, 5) is 31.0. The van der Waals surface area contributed by atoms with Gasteiger partial charge < -0.3 is 24.9 Å². The van der Waals surface area contributed by atoms with Crippen LogP contribution in [-0.2, 0) is 9.53 Å². The first kappa shape index (κ1) is 41.7. The summed E-state index contributed by atoms with van der Waals surface area (Å²) < 4.78 is 5.75. The molecule has 0 aromatic carbocycles. The molecule has 8 bridgehead atoms. The minimum atomic E-state index is -0.721. The van der Waals surface area contributed by atoms with Crippen LogP contribution in [0, 0.1) is 13.8 Å². The highest BCUT2D eigenvalue weighted by atomic mass is 16.5. The Balaban J connectivity index is 1.34. The van der Waals surface area contributed by atoms with Crippen LogP contribution in [0.5, 0.6) is 0 Å². The van der Waals surface area contributed by atoms with E-state index >= 15 is 0 Å². The molecule has 0 saturated carbocycles. The molecule has 0 radical (unpaired) electrons. The van der Waals surface area contributed by atoms with E-state index in [4.69, 9.17) is 14.7 Å². The molecule has 5 heterocycles. The fraction of sp³-hybridized carbons (Fsp3) is 0.449. The van der Waals surface area contributed by atoms with Crippen molar-refractivity contribution in [3.8, 4) is 0 Å². The summed E-state index contributed by atoms with van der Waals surface area (Å²) in [6.45, 7) is 23.2. The van der Waals surface area contributed by atoms with Crippen LogP contribution >= 0.6 is 0 Å². The Bertz CT molecular complexity index is 2350. The SMILES string of the molecule is CCC1=C(C)c2cc3nc(c(C)c4[nH]c(c5c6[nH]c(cc1n2)c(C)c6C(O)=C5)[C@@H](CCC(=O)OC/C=C(\C)CC/C=C(\C)CCC=C(C)C)[C@@H]4C)C(C)=C3[C@@H](C)O. The molecule has 302 valence electrons. The van der Waals surface area contributed by atoms with Crippen LogP contribution in [0.3, 0.4) is 0 Å². The van der Waals surface area contributed by atoms with Gasteiger partial charge in [0.15, 0.2) is 0 Å². The second-order valence-electron chi connectivity index (χ2n) is 16.7. The molecule has 8 nitrogen and oxygen atoms in total. The van der Waals surface area contributed by atoms with Gasteiger partial charge in [-0.2, -0.15) is 0 Å². The molecule has 0 amide bonds. The standard InChI is InChI=1S/C49H62N4O4/c1-12-35-29(6)38-25-41-44(34(11)54)32(9)47(52-41)33(10)46-30(7)36(19-20-43(56)57-22-21-28(5)18-14-17-27(4)16-13-15-26(2)3)48(53-46)37-23-42(55)45-31(8)39(51-49(37)45)24-40(35)50-38/h15,17,21,23-25,30,34,36,51,53-55H,12-14,16,18-20,22H2,1-11H3/b27-17+,28-21+,40-24?,41-25?,46-33?,48-37?/t30-,34+,36-/m0/s1. The zero-order valence-electron chi connectivity index (χ0n) is 36.0. The molecule has 3 atom stereocenters. The van der Waals surface area contributed by atoms with E-state index in [1.807, 2.05) is 32.1 Å². The highest BCUT2D eigenvalue weighted by Crippen LogP contribution is 2.47. The summed E-state index contributed by atoms with van der Waals surface area (Å²) in [6.07, 6.45) is 13.5. The summed E-state index contributed by atoms with van der Waals surface area (Å²) in [7, 11) is 0. The van der Waals surface area contributed by atoms with Gasteiger partial charge in [0.2, 0.25) is 0 Å². The molecule has 2 aromatic rings. The quantitative estimate of drug-likeness (QED) is 0.119. The molecule has 6 rings (SSSR count). The maximum atomic E-state index is 13.3. The number of nitrogens with one attached hydrogen (secondary N) is 2. The average molecular weight is 771 g/mol. The predicted octanol–water partition coefficient (Wildman–Crippen LogP) is 12.3. The number of hydrogen-bond donors (Lipinski definition) is 4. The van der Waals surface area contributed by atoms with Crippen molar-refractivity contribution < 1.29 is 19.7 Å². The van der Waals surface area contributed by atoms with Crippen molar-refractivity contribution in [3.63, 3.8) is 0 Å². The summed E-state index contributed by atoms with van der Waals surface area (Å²) >= 11 is 0. The minimum absolute atomic E-state index is 0.00472. The number of allylic oxidation sites excluding steroid dienone is 8. The van der Waals surface area contributed by atoms with Crippen LogP contribution in [0.25, 0.3) is 45.2 Å². The van der Waals surface area contributed by atoms with Crippen molar-refractivity contribution >= 4 is 51.1 Å². The van der Waals surface area contributed by atoms with E-state index in [-0.39, 0.29) is 36.6 Å². The maximum absolute atomic E-state index is 13.3. The van der Waals surface area contributed by atoms with E-state index in [2.05, 4.69) is 83.6 Å². The largest absolute Gasteiger partial charge is 0.507 e. The number of nitrogens with zero attached hydrogens (tertiary/aromatic N) is 2. The van der Waals surface area contributed by atoms with Gasteiger partial charge in [0.05, 0.1) is 34.4 Å². The topological polar surface area (TPSA) is 124 Å². The molecule has 2 aromatic heterocycles. The molecule has 0 spiro atoms. The van der Waals surface area contributed by atoms with Gasteiger partial charge in [-0.25, -0.2) is 9.97 Å². The van der Waals surface area contributed by atoms with Crippen molar-refractivity contribution in [2.24, 2.45) is 0 Å². The van der Waals surface area contributed by atoms with Gasteiger partial charge in [-0.05, 0) is 153 Å². The van der Waals surface area contributed by atoms with Gasteiger partial charge in [0.1, 0.15) is 12.4 Å². The lowest BCUT2D eigenvalue weighted by molar-refractivity contribution is -0.142. The molecular formula is C49H62N4O4. The van der Waals surface area contributed by atoms with E-state index < -0.39 is 6.10 Å². The number of hydrogen-bond acceptors (Lipinski definition) is 6. The zero-order chi connectivity index (χ0) is 41.3. The first-order chi connectivity index (χ1) is 27.1. The van der Waals surface area contributed by atoms with Crippen LogP contribution in [0.2, 0.25) is 0 Å². The monoisotopic (exact) mass is 770 g/mol.